The van der Waals surface area contributed by atoms with Crippen LogP contribution in [0.5, 0.6) is 0 Å². The molecule has 0 aromatic carbocycles. The van der Waals surface area contributed by atoms with Gasteiger partial charge in [-0.05, 0) is 47.6 Å². The van der Waals surface area contributed by atoms with Crippen molar-refractivity contribution in [2.24, 2.45) is 0 Å². The molecule has 0 radical (unpaired) electrons. The SMILES string of the molecule is Ic1cnc2ccc(N3CCCC3)nn12. The molecule has 4 nitrogen and oxygen atoms in total. The number of nitrogens with zero attached hydrogens (tertiary/aromatic N) is 4. The summed E-state index contributed by atoms with van der Waals surface area (Å²) in [6.07, 6.45) is 4.40. The van der Waals surface area contributed by atoms with Gasteiger partial charge in [-0.3, -0.25) is 0 Å². The molecule has 78 valence electrons. The Bertz CT molecular complexity index is 487. The van der Waals surface area contributed by atoms with Gasteiger partial charge in [-0.15, -0.1) is 5.10 Å². The highest BCUT2D eigenvalue weighted by Gasteiger charge is 2.14. The second kappa shape index (κ2) is 3.62. The largest absolute Gasteiger partial charge is 0.355 e. The van der Waals surface area contributed by atoms with Crippen LogP contribution < -0.4 is 4.90 Å². The Morgan fingerprint density at radius 2 is 2.00 bits per heavy atom. The van der Waals surface area contributed by atoms with Crippen molar-refractivity contribution in [3.8, 4) is 0 Å². The van der Waals surface area contributed by atoms with Gasteiger partial charge in [-0.25, -0.2) is 9.50 Å². The predicted molar refractivity (Wildman–Crippen MR) is 67.2 cm³/mol. The Kier molecular flexibility index (Phi) is 2.27. The molecule has 0 bridgehead atoms. The van der Waals surface area contributed by atoms with Gasteiger partial charge in [0.05, 0.1) is 6.20 Å². The topological polar surface area (TPSA) is 33.4 Å². The highest BCUT2D eigenvalue weighted by molar-refractivity contribution is 14.1. The molecular formula is C10H11IN4. The van der Waals surface area contributed by atoms with Crippen molar-refractivity contribution in [2.75, 3.05) is 18.0 Å². The quantitative estimate of drug-likeness (QED) is 0.754. The maximum absolute atomic E-state index is 4.59. The molecule has 1 saturated heterocycles. The number of imidazole rings is 1. The number of fused-ring (bicyclic) bond motifs is 1. The van der Waals surface area contributed by atoms with E-state index in [2.05, 4.69) is 43.6 Å². The summed E-state index contributed by atoms with van der Waals surface area (Å²) in [5.41, 5.74) is 0.919. The molecule has 0 amide bonds. The average molecular weight is 314 g/mol. The van der Waals surface area contributed by atoms with Gasteiger partial charge in [-0.1, -0.05) is 0 Å². The van der Waals surface area contributed by atoms with Crippen LogP contribution >= 0.6 is 22.6 Å². The lowest BCUT2D eigenvalue weighted by Crippen LogP contribution is -2.19. The zero-order valence-electron chi connectivity index (χ0n) is 8.23. The smallest absolute Gasteiger partial charge is 0.154 e. The summed E-state index contributed by atoms with van der Waals surface area (Å²) in [5, 5.41) is 4.59. The number of hydrogen-bond acceptors (Lipinski definition) is 3. The fourth-order valence-corrected chi connectivity index (χ4v) is 2.44. The molecule has 15 heavy (non-hydrogen) atoms. The zero-order valence-corrected chi connectivity index (χ0v) is 10.4. The summed E-state index contributed by atoms with van der Waals surface area (Å²) in [5.74, 6) is 1.07. The van der Waals surface area contributed by atoms with Crippen molar-refractivity contribution in [1.82, 2.24) is 14.6 Å². The fourth-order valence-electron chi connectivity index (χ4n) is 1.95. The lowest BCUT2D eigenvalue weighted by atomic mass is 10.4. The summed E-state index contributed by atoms with van der Waals surface area (Å²) < 4.78 is 2.96. The summed E-state index contributed by atoms with van der Waals surface area (Å²) in [7, 11) is 0. The molecule has 0 atom stereocenters. The van der Waals surface area contributed by atoms with E-state index in [0.717, 1.165) is 28.3 Å². The summed E-state index contributed by atoms with van der Waals surface area (Å²) in [6, 6.07) is 4.09. The van der Waals surface area contributed by atoms with Gasteiger partial charge in [0.15, 0.2) is 5.65 Å². The highest BCUT2D eigenvalue weighted by atomic mass is 127. The first kappa shape index (κ1) is 9.38. The minimum Gasteiger partial charge on any atom is -0.355 e. The number of halogens is 1. The Balaban J connectivity index is 2.08. The molecule has 1 fully saturated rings. The molecule has 0 saturated carbocycles. The van der Waals surface area contributed by atoms with E-state index >= 15 is 0 Å². The molecule has 0 aliphatic carbocycles. The van der Waals surface area contributed by atoms with Gasteiger partial charge in [0.1, 0.15) is 9.52 Å². The van der Waals surface area contributed by atoms with Gasteiger partial charge in [0.2, 0.25) is 0 Å². The van der Waals surface area contributed by atoms with Crippen molar-refractivity contribution in [3.63, 3.8) is 0 Å². The van der Waals surface area contributed by atoms with Crippen LogP contribution in [-0.2, 0) is 0 Å². The van der Waals surface area contributed by atoms with Gasteiger partial charge in [0, 0.05) is 13.1 Å². The summed E-state index contributed by atoms with van der Waals surface area (Å²) in [4.78, 5) is 6.59. The monoisotopic (exact) mass is 314 g/mol. The van der Waals surface area contributed by atoms with Crippen molar-refractivity contribution in [2.45, 2.75) is 12.8 Å². The van der Waals surface area contributed by atoms with Crippen LogP contribution in [0.4, 0.5) is 5.82 Å². The van der Waals surface area contributed by atoms with E-state index < -0.39 is 0 Å². The normalized spacial score (nSPS) is 16.5. The second-order valence-electron chi connectivity index (χ2n) is 3.74. The maximum Gasteiger partial charge on any atom is 0.154 e. The molecule has 0 N–H and O–H groups in total. The van der Waals surface area contributed by atoms with E-state index in [1.807, 2.05) is 16.8 Å². The fraction of sp³-hybridized carbons (Fsp3) is 0.400. The Morgan fingerprint density at radius 1 is 1.20 bits per heavy atom. The van der Waals surface area contributed by atoms with Crippen LogP contribution in [0.2, 0.25) is 0 Å². The minimum atomic E-state index is 0.919. The van der Waals surface area contributed by atoms with Gasteiger partial charge >= 0.3 is 0 Å². The van der Waals surface area contributed by atoms with Crippen molar-refractivity contribution < 1.29 is 0 Å². The van der Waals surface area contributed by atoms with E-state index in [0.29, 0.717) is 0 Å². The van der Waals surface area contributed by atoms with Gasteiger partial charge in [-0.2, -0.15) is 0 Å². The Labute approximate surface area is 101 Å². The molecule has 0 spiro atoms. The van der Waals surface area contributed by atoms with E-state index in [4.69, 9.17) is 0 Å². The first-order valence-electron chi connectivity index (χ1n) is 5.10. The number of anilines is 1. The third-order valence-corrected chi connectivity index (χ3v) is 3.47. The molecule has 3 heterocycles. The Morgan fingerprint density at radius 3 is 2.80 bits per heavy atom. The van der Waals surface area contributed by atoms with Gasteiger partial charge in [0.25, 0.3) is 0 Å². The van der Waals surface area contributed by atoms with Crippen LogP contribution in [0.15, 0.2) is 18.3 Å². The third-order valence-electron chi connectivity index (χ3n) is 2.74. The standard InChI is InChI=1S/C10H11IN4/c11-8-7-12-9-3-4-10(13-15(8)9)14-5-1-2-6-14/h3-4,7H,1-2,5-6H2. The first-order chi connectivity index (χ1) is 7.34. The molecule has 2 aromatic rings. The van der Waals surface area contributed by atoms with Gasteiger partial charge < -0.3 is 4.90 Å². The van der Waals surface area contributed by atoms with E-state index in [1.54, 1.807) is 0 Å². The molecule has 3 rings (SSSR count). The summed E-state index contributed by atoms with van der Waals surface area (Å²) in [6.45, 7) is 2.26. The van der Waals surface area contributed by atoms with E-state index in [-0.39, 0.29) is 0 Å². The van der Waals surface area contributed by atoms with E-state index in [1.165, 1.54) is 12.8 Å². The van der Waals surface area contributed by atoms with Crippen molar-refractivity contribution in [1.29, 1.82) is 0 Å². The average Bonchev–Trinajstić information content (AvgIpc) is 2.88. The van der Waals surface area contributed by atoms with Crippen LogP contribution in [0.25, 0.3) is 5.65 Å². The number of aromatic nitrogens is 3. The van der Waals surface area contributed by atoms with Crippen molar-refractivity contribution >= 4 is 34.1 Å². The molecule has 1 aliphatic heterocycles. The van der Waals surface area contributed by atoms with Crippen LogP contribution in [0.1, 0.15) is 12.8 Å². The van der Waals surface area contributed by atoms with E-state index in [9.17, 15) is 0 Å². The molecular weight excluding hydrogens is 303 g/mol. The lowest BCUT2D eigenvalue weighted by molar-refractivity contribution is 0.849. The van der Waals surface area contributed by atoms with Crippen molar-refractivity contribution in [3.05, 3.63) is 22.0 Å². The zero-order chi connectivity index (χ0) is 10.3. The summed E-state index contributed by atoms with van der Waals surface area (Å²) >= 11 is 2.25. The predicted octanol–water partition coefficient (Wildman–Crippen LogP) is 1.93. The Hall–Kier alpha value is -0.850. The lowest BCUT2D eigenvalue weighted by Gasteiger charge is -2.15. The third kappa shape index (κ3) is 1.58. The number of rotatable bonds is 1. The van der Waals surface area contributed by atoms with Crippen LogP contribution in [0, 0.1) is 3.70 Å². The molecule has 1 aliphatic rings. The maximum atomic E-state index is 4.59. The van der Waals surface area contributed by atoms with Crippen LogP contribution in [-0.4, -0.2) is 27.7 Å². The highest BCUT2D eigenvalue weighted by Crippen LogP contribution is 2.18. The number of hydrogen-bond donors (Lipinski definition) is 0. The van der Waals surface area contributed by atoms with Crippen LogP contribution in [0.3, 0.4) is 0 Å². The molecule has 5 heteroatoms. The molecule has 0 unspecified atom stereocenters. The minimum absolute atomic E-state index is 0.919. The first-order valence-corrected chi connectivity index (χ1v) is 6.18. The second-order valence-corrected chi connectivity index (χ2v) is 4.84. The molecule has 2 aromatic heterocycles.